The minimum atomic E-state index is -0.729. The summed E-state index contributed by atoms with van der Waals surface area (Å²) in [5.74, 6) is -0.707. The summed E-state index contributed by atoms with van der Waals surface area (Å²) in [6.45, 7) is 1.05. The molecule has 4 aliphatic rings. The lowest BCUT2D eigenvalue weighted by atomic mass is 9.44. The summed E-state index contributed by atoms with van der Waals surface area (Å²) < 4.78 is 0. The van der Waals surface area contributed by atoms with Gasteiger partial charge in [0.15, 0.2) is 0 Å². The number of aryl methyl sites for hydroxylation is 1. The highest BCUT2D eigenvalue weighted by atomic mass is 16.2. The Labute approximate surface area is 153 Å². The molecule has 2 N–H and O–H groups in total. The number of nitrogens with zero attached hydrogens (tertiary/aromatic N) is 1. The second-order valence-electron chi connectivity index (χ2n) is 7.97. The summed E-state index contributed by atoms with van der Waals surface area (Å²) in [5.41, 5.74) is 2.32. The Bertz CT molecular complexity index is 729. The van der Waals surface area contributed by atoms with Crippen molar-refractivity contribution in [3.8, 4) is 0 Å². The Kier molecular flexibility index (Phi) is 4.42. The molecule has 1 aromatic carbocycles. The average Bonchev–Trinajstić information content (AvgIpc) is 2.79. The van der Waals surface area contributed by atoms with Crippen LogP contribution < -0.4 is 15.5 Å². The van der Waals surface area contributed by atoms with Crippen molar-refractivity contribution in [2.45, 2.75) is 38.5 Å². The van der Waals surface area contributed by atoms with E-state index in [0.717, 1.165) is 36.4 Å². The van der Waals surface area contributed by atoms with E-state index in [2.05, 4.69) is 10.6 Å². The predicted molar refractivity (Wildman–Crippen MR) is 97.5 cm³/mol. The van der Waals surface area contributed by atoms with Gasteiger partial charge in [0.2, 0.25) is 5.91 Å². The summed E-state index contributed by atoms with van der Waals surface area (Å²) in [6, 6.07) is 7.88. The maximum Gasteiger partial charge on any atom is 0.309 e. The number of carbonyl (C=O) groups excluding carboxylic acids is 3. The summed E-state index contributed by atoms with van der Waals surface area (Å²) >= 11 is 0. The van der Waals surface area contributed by atoms with Crippen LogP contribution in [0.25, 0.3) is 0 Å². The molecule has 6 nitrogen and oxygen atoms in total. The first kappa shape index (κ1) is 17.1. The molecule has 0 unspecified atom stereocenters. The van der Waals surface area contributed by atoms with E-state index >= 15 is 0 Å². The van der Waals surface area contributed by atoms with Gasteiger partial charge in [0, 0.05) is 18.8 Å². The number of anilines is 1. The number of hydrogen-bond acceptors (Lipinski definition) is 3. The summed E-state index contributed by atoms with van der Waals surface area (Å²) in [6.07, 6.45) is 6.43. The van der Waals surface area contributed by atoms with E-state index in [1.54, 1.807) is 4.90 Å². The molecule has 3 amide bonds. The van der Waals surface area contributed by atoms with Crippen molar-refractivity contribution in [2.75, 3.05) is 24.5 Å². The lowest BCUT2D eigenvalue weighted by molar-refractivity contribution is -0.143. The van der Waals surface area contributed by atoms with Gasteiger partial charge in [0.1, 0.15) is 0 Å². The minimum Gasteiger partial charge on any atom is -0.347 e. The lowest BCUT2D eigenvalue weighted by Crippen LogP contribution is -2.58. The Hall–Kier alpha value is -2.37. The Balaban J connectivity index is 1.29. The van der Waals surface area contributed by atoms with E-state index in [9.17, 15) is 14.4 Å². The molecule has 1 aliphatic heterocycles. The molecule has 2 bridgehead atoms. The number of fused-ring (bicyclic) bond motifs is 1. The fourth-order valence-electron chi connectivity index (χ4n) is 4.50. The fourth-order valence-corrected chi connectivity index (χ4v) is 4.50. The maximum absolute atomic E-state index is 12.6. The van der Waals surface area contributed by atoms with Crippen LogP contribution in [0.2, 0.25) is 0 Å². The van der Waals surface area contributed by atoms with Crippen LogP contribution in [0.15, 0.2) is 24.3 Å². The quantitative estimate of drug-likeness (QED) is 0.801. The Morgan fingerprint density at radius 2 is 1.77 bits per heavy atom. The van der Waals surface area contributed by atoms with Gasteiger partial charge >= 0.3 is 11.8 Å². The molecule has 6 heteroatoms. The van der Waals surface area contributed by atoms with Gasteiger partial charge in [-0.2, -0.15) is 0 Å². The first-order chi connectivity index (χ1) is 12.6. The van der Waals surface area contributed by atoms with Crippen molar-refractivity contribution in [1.29, 1.82) is 0 Å². The van der Waals surface area contributed by atoms with Crippen LogP contribution in [0.3, 0.4) is 0 Å². The van der Waals surface area contributed by atoms with Gasteiger partial charge in [-0.05, 0) is 61.5 Å². The third-order valence-corrected chi connectivity index (χ3v) is 6.06. The van der Waals surface area contributed by atoms with E-state index < -0.39 is 11.8 Å². The van der Waals surface area contributed by atoms with Gasteiger partial charge in [-0.25, -0.2) is 0 Å². The van der Waals surface area contributed by atoms with E-state index in [4.69, 9.17) is 0 Å². The topological polar surface area (TPSA) is 78.5 Å². The molecular weight excluding hydrogens is 330 g/mol. The summed E-state index contributed by atoms with van der Waals surface area (Å²) in [5, 5.41) is 5.19. The zero-order chi connectivity index (χ0) is 18.1. The lowest BCUT2D eigenvalue weighted by Gasteiger charge is -2.62. The first-order valence-electron chi connectivity index (χ1n) is 9.51. The van der Waals surface area contributed by atoms with Gasteiger partial charge < -0.3 is 15.5 Å². The van der Waals surface area contributed by atoms with Gasteiger partial charge in [-0.15, -0.1) is 0 Å². The van der Waals surface area contributed by atoms with Gasteiger partial charge in [0.25, 0.3) is 0 Å². The van der Waals surface area contributed by atoms with Crippen molar-refractivity contribution >= 4 is 23.4 Å². The van der Waals surface area contributed by atoms with Crippen LogP contribution in [-0.4, -0.2) is 37.4 Å². The Morgan fingerprint density at radius 3 is 2.50 bits per heavy atom. The molecule has 0 atom stereocenters. The first-order valence-corrected chi connectivity index (χ1v) is 9.51. The average molecular weight is 355 g/mol. The van der Waals surface area contributed by atoms with Crippen molar-refractivity contribution in [3.05, 3.63) is 29.8 Å². The third-order valence-electron chi connectivity index (χ3n) is 6.06. The van der Waals surface area contributed by atoms with Crippen molar-refractivity contribution in [3.63, 3.8) is 0 Å². The number of carbonyl (C=O) groups is 3. The minimum absolute atomic E-state index is 0.159. The monoisotopic (exact) mass is 355 g/mol. The van der Waals surface area contributed by atoms with Gasteiger partial charge in [-0.3, -0.25) is 14.4 Å². The zero-order valence-electron chi connectivity index (χ0n) is 14.9. The summed E-state index contributed by atoms with van der Waals surface area (Å²) in [7, 11) is 0. The molecule has 5 rings (SSSR count). The van der Waals surface area contributed by atoms with Crippen molar-refractivity contribution in [1.82, 2.24) is 10.6 Å². The normalized spacial score (nSPS) is 25.8. The highest BCUT2D eigenvalue weighted by molar-refractivity contribution is 6.35. The number of nitrogens with one attached hydrogen (secondary N) is 2. The number of amides is 3. The molecule has 0 spiro atoms. The molecule has 138 valence electrons. The smallest absolute Gasteiger partial charge is 0.309 e. The molecule has 3 aliphatic carbocycles. The van der Waals surface area contributed by atoms with E-state index in [1.165, 1.54) is 19.3 Å². The van der Waals surface area contributed by atoms with Crippen LogP contribution >= 0.6 is 0 Å². The highest BCUT2D eigenvalue weighted by Crippen LogP contribution is 2.63. The number of para-hydroxylation sites is 1. The number of rotatable bonds is 4. The predicted octanol–water partition coefficient (Wildman–Crippen LogP) is 1.39. The number of benzene rings is 1. The molecule has 26 heavy (non-hydrogen) atoms. The Morgan fingerprint density at radius 1 is 1.04 bits per heavy atom. The second kappa shape index (κ2) is 6.74. The molecule has 1 heterocycles. The van der Waals surface area contributed by atoms with Crippen LogP contribution in [0.4, 0.5) is 5.69 Å². The van der Waals surface area contributed by atoms with E-state index in [1.807, 2.05) is 24.3 Å². The van der Waals surface area contributed by atoms with Gasteiger partial charge in [-0.1, -0.05) is 18.2 Å². The van der Waals surface area contributed by atoms with Crippen LogP contribution in [0.1, 0.15) is 37.7 Å². The van der Waals surface area contributed by atoms with E-state index in [0.29, 0.717) is 13.1 Å². The second-order valence-corrected chi connectivity index (χ2v) is 7.97. The van der Waals surface area contributed by atoms with E-state index in [-0.39, 0.29) is 17.9 Å². The number of hydrogen-bond donors (Lipinski definition) is 2. The SMILES string of the molecule is O=C(NCC(=O)N1CCCCc2ccccc21)C(=O)NCC12CC(C1)C2. The van der Waals surface area contributed by atoms with Gasteiger partial charge in [0.05, 0.1) is 6.54 Å². The van der Waals surface area contributed by atoms with Crippen molar-refractivity contribution in [2.24, 2.45) is 11.3 Å². The highest BCUT2D eigenvalue weighted by Gasteiger charge is 2.56. The molecular formula is C20H25N3O3. The standard InChI is InChI=1S/C20H25N3O3/c24-17(23-8-4-3-6-15-5-1-2-7-16(15)23)12-21-18(25)19(26)22-13-20-9-14(10-20)11-20/h1-2,5,7,14H,3-4,6,8-13H2,(H,21,25)(H,22,26). The zero-order valence-corrected chi connectivity index (χ0v) is 14.9. The molecule has 3 fully saturated rings. The van der Waals surface area contributed by atoms with Crippen LogP contribution in [0.5, 0.6) is 0 Å². The fraction of sp³-hybridized carbons (Fsp3) is 0.550. The molecule has 0 aromatic heterocycles. The molecule has 1 aromatic rings. The largest absolute Gasteiger partial charge is 0.347 e. The molecule has 3 saturated carbocycles. The molecule has 0 radical (unpaired) electrons. The van der Waals surface area contributed by atoms with Crippen molar-refractivity contribution < 1.29 is 14.4 Å². The van der Waals surface area contributed by atoms with Crippen LogP contribution in [0, 0.1) is 11.3 Å². The summed E-state index contributed by atoms with van der Waals surface area (Å²) in [4.78, 5) is 38.3. The third kappa shape index (κ3) is 3.20. The van der Waals surface area contributed by atoms with Crippen LogP contribution in [-0.2, 0) is 20.8 Å². The molecule has 0 saturated heterocycles. The maximum atomic E-state index is 12.6.